The highest BCUT2D eigenvalue weighted by atomic mass is 15.3. The Morgan fingerprint density at radius 3 is 2.89 bits per heavy atom. The number of benzene rings is 1. The molecule has 4 rings (SSSR count). The summed E-state index contributed by atoms with van der Waals surface area (Å²) in [5.41, 5.74) is 2.81. The topological polar surface area (TPSA) is 15.3 Å². The van der Waals surface area contributed by atoms with Crippen LogP contribution in [-0.4, -0.2) is 18.6 Å². The highest BCUT2D eigenvalue weighted by Crippen LogP contribution is 2.44. The molecule has 0 radical (unpaired) electrons. The van der Waals surface area contributed by atoms with Crippen molar-refractivity contribution in [2.24, 2.45) is 5.92 Å². The van der Waals surface area contributed by atoms with Crippen LogP contribution in [0.2, 0.25) is 0 Å². The van der Waals surface area contributed by atoms with E-state index >= 15 is 0 Å². The molecule has 96 valence electrons. The number of hydrogen-bond donors (Lipinski definition) is 1. The molecule has 1 aromatic rings. The zero-order chi connectivity index (χ0) is 11.9. The van der Waals surface area contributed by atoms with Gasteiger partial charge in [-0.2, -0.15) is 0 Å². The van der Waals surface area contributed by atoms with Gasteiger partial charge in [-0.3, -0.25) is 0 Å². The van der Waals surface area contributed by atoms with Gasteiger partial charge in [0.25, 0.3) is 0 Å². The monoisotopic (exact) mass is 242 g/mol. The number of anilines is 2. The van der Waals surface area contributed by atoms with Gasteiger partial charge in [-0.25, -0.2) is 0 Å². The Balaban J connectivity index is 1.74. The molecule has 0 amide bonds. The predicted molar refractivity (Wildman–Crippen MR) is 76.2 cm³/mol. The molecule has 1 N–H and O–H groups in total. The van der Waals surface area contributed by atoms with Crippen molar-refractivity contribution < 1.29 is 0 Å². The Morgan fingerprint density at radius 1 is 1.00 bits per heavy atom. The van der Waals surface area contributed by atoms with Crippen molar-refractivity contribution >= 4 is 11.4 Å². The van der Waals surface area contributed by atoms with Gasteiger partial charge >= 0.3 is 0 Å². The van der Waals surface area contributed by atoms with Crippen LogP contribution in [0.4, 0.5) is 11.4 Å². The van der Waals surface area contributed by atoms with Crippen LogP contribution in [0.5, 0.6) is 0 Å². The SMILES string of the molecule is c1ccc2c(c1)NCC1CCC3CCCCC3N21. The van der Waals surface area contributed by atoms with Crippen molar-refractivity contribution in [2.75, 3.05) is 16.8 Å². The molecule has 2 nitrogen and oxygen atoms in total. The zero-order valence-electron chi connectivity index (χ0n) is 10.9. The van der Waals surface area contributed by atoms with E-state index in [-0.39, 0.29) is 0 Å². The lowest BCUT2D eigenvalue weighted by molar-refractivity contribution is 0.215. The summed E-state index contributed by atoms with van der Waals surface area (Å²) in [6.45, 7) is 1.14. The van der Waals surface area contributed by atoms with Gasteiger partial charge in [-0.15, -0.1) is 0 Å². The lowest BCUT2D eigenvalue weighted by Crippen LogP contribution is -2.56. The molecule has 2 aliphatic heterocycles. The first kappa shape index (κ1) is 10.7. The second kappa shape index (κ2) is 4.18. The van der Waals surface area contributed by atoms with Crippen molar-refractivity contribution in [3.63, 3.8) is 0 Å². The third-order valence-corrected chi connectivity index (χ3v) is 5.20. The number of piperidine rings is 1. The van der Waals surface area contributed by atoms with Crippen molar-refractivity contribution in [3.8, 4) is 0 Å². The Bertz CT molecular complexity index is 442. The number of fused-ring (bicyclic) bond motifs is 5. The summed E-state index contributed by atoms with van der Waals surface area (Å²) >= 11 is 0. The summed E-state index contributed by atoms with van der Waals surface area (Å²) in [5, 5.41) is 3.62. The molecule has 1 saturated carbocycles. The molecule has 2 fully saturated rings. The van der Waals surface area contributed by atoms with Gasteiger partial charge in [0.05, 0.1) is 11.4 Å². The first-order chi connectivity index (χ1) is 8.93. The summed E-state index contributed by atoms with van der Waals surface area (Å²) in [6, 6.07) is 10.4. The first-order valence-corrected chi connectivity index (χ1v) is 7.55. The molecule has 1 aliphatic carbocycles. The van der Waals surface area contributed by atoms with Gasteiger partial charge in [0.15, 0.2) is 0 Å². The molecule has 3 unspecified atom stereocenters. The molecule has 0 spiro atoms. The fraction of sp³-hybridized carbons (Fsp3) is 0.625. The number of hydrogen-bond acceptors (Lipinski definition) is 2. The molecule has 3 atom stereocenters. The molecular formula is C16H22N2. The van der Waals surface area contributed by atoms with Crippen LogP contribution in [0.15, 0.2) is 24.3 Å². The Labute approximate surface area is 109 Å². The van der Waals surface area contributed by atoms with Crippen LogP contribution in [-0.2, 0) is 0 Å². The molecule has 3 aliphatic rings. The van der Waals surface area contributed by atoms with Gasteiger partial charge < -0.3 is 10.2 Å². The van der Waals surface area contributed by atoms with Crippen LogP contribution in [0, 0.1) is 5.92 Å². The highest BCUT2D eigenvalue weighted by Gasteiger charge is 2.40. The smallest absolute Gasteiger partial charge is 0.0607 e. The summed E-state index contributed by atoms with van der Waals surface area (Å²) < 4.78 is 0. The van der Waals surface area contributed by atoms with Gasteiger partial charge in [-0.05, 0) is 43.7 Å². The predicted octanol–water partition coefficient (Wildman–Crippen LogP) is 3.64. The molecule has 2 heteroatoms. The number of nitrogens with zero attached hydrogens (tertiary/aromatic N) is 1. The largest absolute Gasteiger partial charge is 0.381 e. The summed E-state index contributed by atoms with van der Waals surface area (Å²) in [4.78, 5) is 2.78. The van der Waals surface area contributed by atoms with Crippen molar-refractivity contribution in [2.45, 2.75) is 50.6 Å². The third-order valence-electron chi connectivity index (χ3n) is 5.20. The molecule has 0 aromatic heterocycles. The van der Waals surface area contributed by atoms with E-state index in [4.69, 9.17) is 0 Å². The second-order valence-corrected chi connectivity index (χ2v) is 6.15. The van der Waals surface area contributed by atoms with Crippen molar-refractivity contribution in [1.29, 1.82) is 0 Å². The van der Waals surface area contributed by atoms with Crippen LogP contribution < -0.4 is 10.2 Å². The molecule has 2 heterocycles. The van der Waals surface area contributed by atoms with E-state index in [9.17, 15) is 0 Å². The molecular weight excluding hydrogens is 220 g/mol. The molecule has 1 aromatic carbocycles. The van der Waals surface area contributed by atoms with Gasteiger partial charge in [0, 0.05) is 18.6 Å². The second-order valence-electron chi connectivity index (χ2n) is 6.15. The van der Waals surface area contributed by atoms with Crippen molar-refractivity contribution in [1.82, 2.24) is 0 Å². The van der Waals surface area contributed by atoms with Crippen LogP contribution in [0.25, 0.3) is 0 Å². The van der Waals surface area contributed by atoms with E-state index in [0.717, 1.165) is 24.5 Å². The molecule has 18 heavy (non-hydrogen) atoms. The zero-order valence-corrected chi connectivity index (χ0v) is 10.9. The van der Waals surface area contributed by atoms with E-state index in [1.807, 2.05) is 0 Å². The van der Waals surface area contributed by atoms with Crippen molar-refractivity contribution in [3.05, 3.63) is 24.3 Å². The first-order valence-electron chi connectivity index (χ1n) is 7.55. The minimum Gasteiger partial charge on any atom is -0.381 e. The number of nitrogens with one attached hydrogen (secondary N) is 1. The fourth-order valence-corrected chi connectivity index (χ4v) is 4.36. The molecule has 1 saturated heterocycles. The van der Waals surface area contributed by atoms with E-state index in [1.54, 1.807) is 0 Å². The summed E-state index contributed by atoms with van der Waals surface area (Å²) in [6.07, 6.45) is 8.59. The minimum atomic E-state index is 0.735. The average Bonchev–Trinajstić information content (AvgIpc) is 2.46. The lowest BCUT2D eigenvalue weighted by atomic mass is 9.75. The molecule has 0 bridgehead atoms. The normalized spacial score (nSPS) is 34.0. The van der Waals surface area contributed by atoms with E-state index < -0.39 is 0 Å². The quantitative estimate of drug-likeness (QED) is 0.747. The fourth-order valence-electron chi connectivity index (χ4n) is 4.36. The van der Waals surface area contributed by atoms with E-state index in [1.165, 1.54) is 49.9 Å². The third kappa shape index (κ3) is 1.54. The maximum absolute atomic E-state index is 3.62. The van der Waals surface area contributed by atoms with E-state index in [0.29, 0.717) is 0 Å². The van der Waals surface area contributed by atoms with E-state index in [2.05, 4.69) is 34.5 Å². The number of para-hydroxylation sites is 2. The maximum atomic E-state index is 3.62. The lowest BCUT2D eigenvalue weighted by Gasteiger charge is -2.52. The van der Waals surface area contributed by atoms with Crippen LogP contribution in [0.3, 0.4) is 0 Å². The van der Waals surface area contributed by atoms with Gasteiger partial charge in [0.1, 0.15) is 0 Å². The summed E-state index contributed by atoms with van der Waals surface area (Å²) in [7, 11) is 0. The Kier molecular flexibility index (Phi) is 2.49. The standard InChI is InChI=1S/C16H22N2/c1-3-7-15-12(5-1)9-10-13-11-17-14-6-2-4-8-16(14)18(13)15/h2,4,6,8,12-13,15,17H,1,3,5,7,9-11H2. The highest BCUT2D eigenvalue weighted by molar-refractivity contribution is 5.73. The van der Waals surface area contributed by atoms with Gasteiger partial charge in [-0.1, -0.05) is 25.0 Å². The van der Waals surface area contributed by atoms with Crippen LogP contribution in [0.1, 0.15) is 38.5 Å². The summed E-state index contributed by atoms with van der Waals surface area (Å²) in [5.74, 6) is 0.959. The Hall–Kier alpha value is -1.18. The number of rotatable bonds is 0. The van der Waals surface area contributed by atoms with Crippen LogP contribution >= 0.6 is 0 Å². The average molecular weight is 242 g/mol. The Morgan fingerprint density at radius 2 is 1.89 bits per heavy atom. The maximum Gasteiger partial charge on any atom is 0.0607 e. The van der Waals surface area contributed by atoms with Gasteiger partial charge in [0.2, 0.25) is 0 Å². The minimum absolute atomic E-state index is 0.735.